The molecule has 0 aliphatic carbocycles. The first-order valence-corrected chi connectivity index (χ1v) is 10.4. The van der Waals surface area contributed by atoms with E-state index in [1.54, 1.807) is 12.1 Å². The molecule has 0 fully saturated rings. The predicted octanol–water partition coefficient (Wildman–Crippen LogP) is 5.24. The predicted molar refractivity (Wildman–Crippen MR) is 121 cm³/mol. The fraction of sp³-hybridized carbons (Fsp3) is 0.160. The highest BCUT2D eigenvalue weighted by Crippen LogP contribution is 2.45. The molecule has 0 saturated carbocycles. The highest BCUT2D eigenvalue weighted by Gasteiger charge is 2.31. The summed E-state index contributed by atoms with van der Waals surface area (Å²) >= 11 is 5.95. The van der Waals surface area contributed by atoms with Crippen LogP contribution in [0.4, 0.5) is 0 Å². The fourth-order valence-electron chi connectivity index (χ4n) is 3.62. The lowest BCUT2D eigenvalue weighted by atomic mass is 9.83. The molecule has 162 valence electrons. The summed E-state index contributed by atoms with van der Waals surface area (Å²) in [7, 11) is 0. The molecule has 1 aliphatic rings. The quantitative estimate of drug-likeness (QED) is 0.535. The Morgan fingerprint density at radius 3 is 2.56 bits per heavy atom. The number of phenols is 1. The van der Waals surface area contributed by atoms with E-state index in [4.69, 9.17) is 31.5 Å². The van der Waals surface area contributed by atoms with Gasteiger partial charge in [-0.15, -0.1) is 0 Å². The zero-order valence-electron chi connectivity index (χ0n) is 17.3. The van der Waals surface area contributed by atoms with Gasteiger partial charge in [0.2, 0.25) is 5.88 Å². The summed E-state index contributed by atoms with van der Waals surface area (Å²) in [5.74, 6) is 1.15. The number of nitrogens with two attached hydrogens (primary N) is 1. The highest BCUT2D eigenvalue weighted by atomic mass is 35.5. The van der Waals surface area contributed by atoms with E-state index in [0.717, 1.165) is 16.7 Å². The normalized spacial score (nSPS) is 14.8. The second kappa shape index (κ2) is 9.13. The Morgan fingerprint density at radius 2 is 1.84 bits per heavy atom. The lowest BCUT2D eigenvalue weighted by Gasteiger charge is -2.27. The number of hydrogen-bond donors (Lipinski definition) is 2. The van der Waals surface area contributed by atoms with Gasteiger partial charge in [0.25, 0.3) is 0 Å². The molecule has 0 bridgehead atoms. The number of fused-ring (bicyclic) bond motifs is 1. The third-order valence-electron chi connectivity index (χ3n) is 5.11. The number of hydrogen-bond acceptors (Lipinski definition) is 6. The van der Waals surface area contributed by atoms with E-state index in [0.29, 0.717) is 41.1 Å². The summed E-state index contributed by atoms with van der Waals surface area (Å²) in [6.07, 6.45) is 0. The molecule has 1 aliphatic heterocycles. The molecule has 0 aromatic heterocycles. The Kier molecular flexibility index (Phi) is 6.11. The molecule has 6 nitrogen and oxygen atoms in total. The lowest BCUT2D eigenvalue weighted by Crippen LogP contribution is -2.21. The van der Waals surface area contributed by atoms with Crippen LogP contribution in [0.15, 0.2) is 72.1 Å². The monoisotopic (exact) mass is 448 g/mol. The van der Waals surface area contributed by atoms with Gasteiger partial charge in [-0.2, -0.15) is 5.26 Å². The van der Waals surface area contributed by atoms with Crippen molar-refractivity contribution in [1.29, 1.82) is 5.26 Å². The molecule has 3 N–H and O–H groups in total. The van der Waals surface area contributed by atoms with Gasteiger partial charge in [0.05, 0.1) is 12.5 Å². The summed E-state index contributed by atoms with van der Waals surface area (Å²) in [6.45, 7) is 2.69. The molecule has 0 radical (unpaired) electrons. The number of ether oxygens (including phenoxy) is 3. The minimum absolute atomic E-state index is 0.0108. The van der Waals surface area contributed by atoms with Crippen LogP contribution in [-0.4, -0.2) is 11.7 Å². The average molecular weight is 449 g/mol. The second-order valence-corrected chi connectivity index (χ2v) is 7.64. The minimum Gasteiger partial charge on any atom is -0.508 e. The Balaban J connectivity index is 1.70. The molecule has 1 atom stereocenters. The molecule has 0 spiro atoms. The smallest absolute Gasteiger partial charge is 0.205 e. The summed E-state index contributed by atoms with van der Waals surface area (Å²) in [4.78, 5) is 0. The summed E-state index contributed by atoms with van der Waals surface area (Å²) < 4.78 is 17.4. The maximum absolute atomic E-state index is 9.83. The Hall–Kier alpha value is -3.82. The second-order valence-electron chi connectivity index (χ2n) is 7.20. The largest absolute Gasteiger partial charge is 0.508 e. The van der Waals surface area contributed by atoms with Gasteiger partial charge < -0.3 is 25.1 Å². The van der Waals surface area contributed by atoms with Crippen LogP contribution in [0, 0.1) is 11.3 Å². The lowest BCUT2D eigenvalue weighted by molar-refractivity contribution is 0.269. The van der Waals surface area contributed by atoms with Crippen molar-refractivity contribution in [3.8, 4) is 29.1 Å². The van der Waals surface area contributed by atoms with Crippen LogP contribution in [0.3, 0.4) is 0 Å². The van der Waals surface area contributed by atoms with E-state index >= 15 is 0 Å². The molecule has 1 heterocycles. The zero-order chi connectivity index (χ0) is 22.7. The fourth-order valence-corrected chi connectivity index (χ4v) is 3.75. The van der Waals surface area contributed by atoms with E-state index in [1.165, 1.54) is 6.07 Å². The molecule has 3 aromatic carbocycles. The van der Waals surface area contributed by atoms with Crippen LogP contribution < -0.4 is 19.9 Å². The van der Waals surface area contributed by atoms with Crippen molar-refractivity contribution >= 4 is 11.6 Å². The van der Waals surface area contributed by atoms with Crippen molar-refractivity contribution in [2.45, 2.75) is 19.4 Å². The molecule has 0 amide bonds. The van der Waals surface area contributed by atoms with Gasteiger partial charge in [-0.1, -0.05) is 35.9 Å². The Morgan fingerprint density at radius 1 is 1.06 bits per heavy atom. The van der Waals surface area contributed by atoms with Crippen LogP contribution in [-0.2, 0) is 6.61 Å². The van der Waals surface area contributed by atoms with Gasteiger partial charge in [-0.3, -0.25) is 0 Å². The van der Waals surface area contributed by atoms with Crippen molar-refractivity contribution in [1.82, 2.24) is 0 Å². The van der Waals surface area contributed by atoms with Gasteiger partial charge >= 0.3 is 0 Å². The third kappa shape index (κ3) is 4.29. The van der Waals surface area contributed by atoms with Gasteiger partial charge in [0.15, 0.2) is 11.5 Å². The minimum atomic E-state index is -0.464. The van der Waals surface area contributed by atoms with E-state index < -0.39 is 5.92 Å². The Labute approximate surface area is 191 Å². The summed E-state index contributed by atoms with van der Waals surface area (Å²) in [5, 5.41) is 20.2. The van der Waals surface area contributed by atoms with Crippen LogP contribution >= 0.6 is 11.6 Å². The summed E-state index contributed by atoms with van der Waals surface area (Å²) in [6, 6.07) is 19.9. The van der Waals surface area contributed by atoms with Gasteiger partial charge in [0, 0.05) is 16.7 Å². The van der Waals surface area contributed by atoms with Crippen molar-refractivity contribution in [2.75, 3.05) is 6.61 Å². The Bertz CT molecular complexity index is 1220. The molecular weight excluding hydrogens is 428 g/mol. The number of nitriles is 1. The molecule has 32 heavy (non-hydrogen) atoms. The van der Waals surface area contributed by atoms with Crippen LogP contribution in [0.2, 0.25) is 5.02 Å². The van der Waals surface area contributed by atoms with Crippen molar-refractivity contribution in [3.05, 3.63) is 93.8 Å². The average Bonchev–Trinajstić information content (AvgIpc) is 2.78. The third-order valence-corrected chi connectivity index (χ3v) is 5.36. The highest BCUT2D eigenvalue weighted by molar-refractivity contribution is 6.30. The topological polar surface area (TPSA) is 97.7 Å². The van der Waals surface area contributed by atoms with Crippen LogP contribution in [0.1, 0.15) is 29.5 Å². The number of benzene rings is 3. The number of nitrogens with zero attached hydrogens (tertiary/aromatic N) is 1. The first-order chi connectivity index (χ1) is 15.5. The number of aromatic hydroxyl groups is 1. The molecule has 3 aromatic rings. The van der Waals surface area contributed by atoms with Crippen LogP contribution in [0.5, 0.6) is 23.0 Å². The van der Waals surface area contributed by atoms with Gasteiger partial charge in [0.1, 0.15) is 29.7 Å². The molecule has 4 rings (SSSR count). The van der Waals surface area contributed by atoms with Gasteiger partial charge in [-0.05, 0) is 48.4 Å². The first kappa shape index (κ1) is 21.4. The zero-order valence-corrected chi connectivity index (χ0v) is 18.1. The maximum atomic E-state index is 9.83. The van der Waals surface area contributed by atoms with E-state index in [-0.39, 0.29) is 11.6 Å². The van der Waals surface area contributed by atoms with Crippen molar-refractivity contribution < 1.29 is 19.3 Å². The van der Waals surface area contributed by atoms with Crippen molar-refractivity contribution in [2.24, 2.45) is 5.73 Å². The van der Waals surface area contributed by atoms with E-state index in [9.17, 15) is 10.4 Å². The number of phenolic OH excluding ortho intramolecular Hbond substituents is 1. The van der Waals surface area contributed by atoms with E-state index in [1.807, 2.05) is 49.4 Å². The van der Waals surface area contributed by atoms with Crippen molar-refractivity contribution in [3.63, 3.8) is 0 Å². The summed E-state index contributed by atoms with van der Waals surface area (Å²) in [5.41, 5.74) is 8.81. The number of allylic oxidation sites excluding steroid dienone is 1. The van der Waals surface area contributed by atoms with Gasteiger partial charge in [-0.25, -0.2) is 0 Å². The molecule has 0 saturated heterocycles. The SMILES string of the molecule is CCOc1cc(C2C(C#N)=C(N)Oc3cc(O)ccc32)ccc1OCc1ccc(Cl)cc1. The van der Waals surface area contributed by atoms with Crippen LogP contribution in [0.25, 0.3) is 0 Å². The number of rotatable bonds is 6. The molecular formula is C25H21ClN2O4. The maximum Gasteiger partial charge on any atom is 0.205 e. The first-order valence-electron chi connectivity index (χ1n) is 10.0. The van der Waals surface area contributed by atoms with E-state index in [2.05, 4.69) is 6.07 Å². The standard InChI is InChI=1S/C25H21ClN2O4/c1-2-30-23-11-16(5-10-21(23)31-14-15-3-6-17(26)7-4-15)24-19-9-8-18(29)12-22(19)32-25(28)20(24)13-27/h3-12,24,29H,2,14,28H2,1H3. The molecule has 1 unspecified atom stereocenters. The molecule has 7 heteroatoms. The number of halogens is 1.